The molecule has 154 valence electrons. The minimum Gasteiger partial charge on any atom is -0.465 e. The van der Waals surface area contributed by atoms with Gasteiger partial charge in [0.15, 0.2) is 0 Å². The van der Waals surface area contributed by atoms with Crippen molar-refractivity contribution in [3.05, 3.63) is 0 Å². The number of rotatable bonds is 4. The summed E-state index contributed by atoms with van der Waals surface area (Å²) in [6, 6.07) is -0.361. The van der Waals surface area contributed by atoms with Crippen LogP contribution in [0.5, 0.6) is 0 Å². The van der Waals surface area contributed by atoms with Gasteiger partial charge in [-0.3, -0.25) is 4.79 Å². The van der Waals surface area contributed by atoms with Crippen LogP contribution in [-0.4, -0.2) is 83.8 Å². The molecule has 3 amide bonds. The number of hydrogen-bond donors (Lipinski definition) is 0. The van der Waals surface area contributed by atoms with Gasteiger partial charge < -0.3 is 24.2 Å². The maximum atomic E-state index is 13.0. The predicted molar refractivity (Wildman–Crippen MR) is 100 cm³/mol. The molecule has 2 fully saturated rings. The minimum atomic E-state index is -0.569. The second-order valence-electron chi connectivity index (χ2n) is 8.13. The molecule has 8 heteroatoms. The molecule has 0 aliphatic carbocycles. The molecule has 0 saturated carbocycles. The molecule has 2 saturated heterocycles. The first-order valence-corrected chi connectivity index (χ1v) is 9.90. The molecule has 0 aromatic carbocycles. The number of carbonyl (C=O) groups is 3. The van der Waals surface area contributed by atoms with Crippen molar-refractivity contribution < 1.29 is 23.9 Å². The van der Waals surface area contributed by atoms with Gasteiger partial charge in [0, 0.05) is 26.2 Å². The third-order valence-electron chi connectivity index (χ3n) is 4.72. The molecule has 2 aliphatic rings. The van der Waals surface area contributed by atoms with Crippen LogP contribution in [0.3, 0.4) is 0 Å². The van der Waals surface area contributed by atoms with Gasteiger partial charge in [-0.05, 0) is 53.4 Å². The third-order valence-corrected chi connectivity index (χ3v) is 4.72. The zero-order chi connectivity index (χ0) is 20.0. The van der Waals surface area contributed by atoms with E-state index in [2.05, 4.69) is 0 Å². The van der Waals surface area contributed by atoms with Crippen LogP contribution in [0, 0.1) is 0 Å². The monoisotopic (exact) mass is 383 g/mol. The summed E-state index contributed by atoms with van der Waals surface area (Å²) in [6.07, 6.45) is 3.09. The van der Waals surface area contributed by atoms with Crippen LogP contribution < -0.4 is 0 Å². The van der Waals surface area contributed by atoms with Gasteiger partial charge in [-0.15, -0.1) is 0 Å². The Kier molecular flexibility index (Phi) is 7.33. The summed E-state index contributed by atoms with van der Waals surface area (Å²) in [5.41, 5.74) is -0.569. The molecule has 0 aromatic heterocycles. The molecule has 1 unspecified atom stereocenters. The van der Waals surface area contributed by atoms with Crippen LogP contribution in [0.4, 0.5) is 9.59 Å². The summed E-state index contributed by atoms with van der Waals surface area (Å²) in [7, 11) is 0. The molecule has 0 radical (unpaired) electrons. The van der Waals surface area contributed by atoms with Crippen molar-refractivity contribution in [1.29, 1.82) is 0 Å². The van der Waals surface area contributed by atoms with Gasteiger partial charge in [0.05, 0.1) is 12.6 Å². The summed E-state index contributed by atoms with van der Waals surface area (Å²) in [5, 5.41) is 0. The predicted octanol–water partition coefficient (Wildman–Crippen LogP) is 2.47. The first kappa shape index (κ1) is 21.3. The second kappa shape index (κ2) is 9.28. The summed E-state index contributed by atoms with van der Waals surface area (Å²) < 4.78 is 10.5. The van der Waals surface area contributed by atoms with Crippen molar-refractivity contribution in [3.8, 4) is 0 Å². The first-order chi connectivity index (χ1) is 12.7. The highest BCUT2D eigenvalue weighted by atomic mass is 16.6. The highest BCUT2D eigenvalue weighted by molar-refractivity contribution is 5.81. The molecule has 2 aliphatic heterocycles. The Bertz CT molecular complexity index is 540. The number of piperidine rings is 1. The lowest BCUT2D eigenvalue weighted by molar-refractivity contribution is -0.144. The van der Waals surface area contributed by atoms with Crippen molar-refractivity contribution in [3.63, 3.8) is 0 Å². The third kappa shape index (κ3) is 6.29. The van der Waals surface area contributed by atoms with Gasteiger partial charge in [-0.2, -0.15) is 0 Å². The van der Waals surface area contributed by atoms with Crippen LogP contribution in [0.15, 0.2) is 0 Å². The van der Waals surface area contributed by atoms with E-state index in [-0.39, 0.29) is 31.3 Å². The molecule has 2 heterocycles. The van der Waals surface area contributed by atoms with Gasteiger partial charge in [0.25, 0.3) is 0 Å². The summed E-state index contributed by atoms with van der Waals surface area (Å²) in [4.78, 5) is 42.5. The van der Waals surface area contributed by atoms with E-state index in [1.165, 1.54) is 0 Å². The summed E-state index contributed by atoms with van der Waals surface area (Å²) >= 11 is 0. The molecule has 0 N–H and O–H groups in total. The Morgan fingerprint density at radius 3 is 2.26 bits per heavy atom. The van der Waals surface area contributed by atoms with Crippen molar-refractivity contribution in [2.45, 2.75) is 65.0 Å². The number of carbonyl (C=O) groups excluding carboxylic acids is 3. The fourth-order valence-electron chi connectivity index (χ4n) is 3.49. The molecule has 0 spiro atoms. The zero-order valence-electron chi connectivity index (χ0n) is 17.0. The highest BCUT2D eigenvalue weighted by Gasteiger charge is 2.36. The quantitative estimate of drug-likeness (QED) is 0.697. The molecule has 1 atom stereocenters. The summed E-state index contributed by atoms with van der Waals surface area (Å²) in [6.45, 7) is 9.80. The van der Waals surface area contributed by atoms with E-state index in [9.17, 15) is 14.4 Å². The lowest BCUT2D eigenvalue weighted by Crippen LogP contribution is -2.56. The fraction of sp³-hybridized carbons (Fsp3) is 0.842. The SMILES string of the molecule is CCOC(=O)CN(C(=O)N1CCCC1)C1CCCN(C(=O)OC(C)(C)C)C1. The smallest absolute Gasteiger partial charge is 0.410 e. The lowest BCUT2D eigenvalue weighted by atomic mass is 10.0. The number of likely N-dealkylation sites (tertiary alicyclic amines) is 2. The molecule has 8 nitrogen and oxygen atoms in total. The molecule has 27 heavy (non-hydrogen) atoms. The second-order valence-corrected chi connectivity index (χ2v) is 8.13. The zero-order valence-corrected chi connectivity index (χ0v) is 17.0. The standard InChI is InChI=1S/C19H33N3O5/c1-5-26-16(23)14-22(17(24)20-10-6-7-11-20)15-9-8-12-21(13-15)18(25)27-19(2,3)4/h15H,5-14H2,1-4H3. The van der Waals surface area contributed by atoms with Gasteiger partial charge >= 0.3 is 18.1 Å². The Morgan fingerprint density at radius 1 is 1.04 bits per heavy atom. The Morgan fingerprint density at radius 2 is 1.67 bits per heavy atom. The Hall–Kier alpha value is -1.99. The number of amides is 3. The highest BCUT2D eigenvalue weighted by Crippen LogP contribution is 2.21. The fourth-order valence-corrected chi connectivity index (χ4v) is 3.49. The number of hydrogen-bond acceptors (Lipinski definition) is 5. The largest absolute Gasteiger partial charge is 0.465 e. The van der Waals surface area contributed by atoms with Crippen LogP contribution in [0.2, 0.25) is 0 Å². The van der Waals surface area contributed by atoms with Crippen molar-refractivity contribution in [1.82, 2.24) is 14.7 Å². The average molecular weight is 383 g/mol. The number of urea groups is 1. The number of ether oxygens (including phenoxy) is 2. The average Bonchev–Trinajstić information content (AvgIpc) is 3.12. The summed E-state index contributed by atoms with van der Waals surface area (Å²) in [5.74, 6) is -0.417. The molecular weight excluding hydrogens is 350 g/mol. The molecule has 0 aromatic rings. The minimum absolute atomic E-state index is 0.0873. The van der Waals surface area contributed by atoms with E-state index in [4.69, 9.17) is 9.47 Å². The van der Waals surface area contributed by atoms with E-state index in [0.29, 0.717) is 26.2 Å². The van der Waals surface area contributed by atoms with Crippen molar-refractivity contribution in [2.75, 3.05) is 39.3 Å². The van der Waals surface area contributed by atoms with Crippen LogP contribution in [-0.2, 0) is 14.3 Å². The van der Waals surface area contributed by atoms with E-state index in [1.807, 2.05) is 20.8 Å². The van der Waals surface area contributed by atoms with Crippen molar-refractivity contribution >= 4 is 18.1 Å². The maximum absolute atomic E-state index is 13.0. The van der Waals surface area contributed by atoms with Crippen LogP contribution in [0.1, 0.15) is 53.4 Å². The van der Waals surface area contributed by atoms with E-state index >= 15 is 0 Å². The normalized spacial score (nSPS) is 20.4. The number of esters is 1. The van der Waals surface area contributed by atoms with Crippen molar-refractivity contribution in [2.24, 2.45) is 0 Å². The van der Waals surface area contributed by atoms with Gasteiger partial charge in [0.2, 0.25) is 0 Å². The van der Waals surface area contributed by atoms with Crippen LogP contribution >= 0.6 is 0 Å². The maximum Gasteiger partial charge on any atom is 0.410 e. The van der Waals surface area contributed by atoms with E-state index < -0.39 is 11.6 Å². The first-order valence-electron chi connectivity index (χ1n) is 9.90. The van der Waals surface area contributed by atoms with E-state index in [0.717, 1.165) is 25.7 Å². The molecule has 2 rings (SSSR count). The van der Waals surface area contributed by atoms with Crippen LogP contribution in [0.25, 0.3) is 0 Å². The molecular formula is C19H33N3O5. The molecule has 0 bridgehead atoms. The van der Waals surface area contributed by atoms with Gasteiger partial charge in [0.1, 0.15) is 12.1 Å². The van der Waals surface area contributed by atoms with Gasteiger partial charge in [-0.25, -0.2) is 9.59 Å². The lowest BCUT2D eigenvalue weighted by Gasteiger charge is -2.40. The topological polar surface area (TPSA) is 79.4 Å². The number of nitrogens with zero attached hydrogens (tertiary/aromatic N) is 3. The van der Waals surface area contributed by atoms with Gasteiger partial charge in [-0.1, -0.05) is 0 Å². The Balaban J connectivity index is 2.09. The van der Waals surface area contributed by atoms with E-state index in [1.54, 1.807) is 21.6 Å². The Labute approximate surface area is 161 Å².